The van der Waals surface area contributed by atoms with Crippen LogP contribution in [0, 0.1) is 0 Å². The Morgan fingerprint density at radius 1 is 1.35 bits per heavy atom. The highest BCUT2D eigenvalue weighted by Gasteiger charge is 2.35. The Hall–Kier alpha value is -1.85. The lowest BCUT2D eigenvalue weighted by Gasteiger charge is -2.18. The summed E-state index contributed by atoms with van der Waals surface area (Å²) in [5.74, 6) is -0.739. The van der Waals surface area contributed by atoms with Gasteiger partial charge >= 0.3 is 12.1 Å². The van der Waals surface area contributed by atoms with Gasteiger partial charge in [0.15, 0.2) is 0 Å². The number of carbonyl (C=O) groups excluding carboxylic acids is 1. The number of alkyl halides is 3. The second-order valence-corrected chi connectivity index (χ2v) is 4.58. The summed E-state index contributed by atoms with van der Waals surface area (Å²) in [4.78, 5) is 15.0. The van der Waals surface area contributed by atoms with Crippen molar-refractivity contribution in [2.75, 3.05) is 7.11 Å². The third kappa shape index (κ3) is 3.00. The zero-order valence-corrected chi connectivity index (χ0v) is 11.0. The molecule has 0 unspecified atom stereocenters. The second kappa shape index (κ2) is 5.64. The number of aromatic nitrogens is 1. The number of hydrogen-bond donors (Lipinski definition) is 0. The Bertz CT molecular complexity index is 550. The maximum atomic E-state index is 13.0. The fraction of sp³-hybridized carbons (Fsp3) is 0.429. The van der Waals surface area contributed by atoms with Crippen molar-refractivity contribution in [1.82, 2.24) is 4.98 Å². The van der Waals surface area contributed by atoms with Gasteiger partial charge in [0.2, 0.25) is 0 Å². The van der Waals surface area contributed by atoms with E-state index in [1.165, 1.54) is 13.2 Å². The molecule has 0 N–H and O–H groups in total. The number of carbonyl (C=O) groups is 1. The predicted octanol–water partition coefficient (Wildman–Crippen LogP) is 3.84. The first kappa shape index (κ1) is 14.6. The lowest BCUT2D eigenvalue weighted by molar-refractivity contribution is -0.138. The standard InChI is InChI=1S/C14H14F3NO2/c1-20-13(19)12-7-10(9-5-3-2-4-6-9)11(8-18-12)14(15,16)17/h5,7-8H,2-4,6H2,1H3. The molecule has 0 saturated heterocycles. The predicted molar refractivity (Wildman–Crippen MR) is 67.0 cm³/mol. The summed E-state index contributed by atoms with van der Waals surface area (Å²) in [6.45, 7) is 0. The highest BCUT2D eigenvalue weighted by Crippen LogP contribution is 2.37. The molecule has 1 heterocycles. The minimum atomic E-state index is -4.49. The molecule has 108 valence electrons. The average Bonchev–Trinajstić information content (AvgIpc) is 2.45. The maximum absolute atomic E-state index is 13.0. The second-order valence-electron chi connectivity index (χ2n) is 4.58. The molecular formula is C14H14F3NO2. The number of esters is 1. The Kier molecular flexibility index (Phi) is 4.11. The normalized spacial score (nSPS) is 15.7. The van der Waals surface area contributed by atoms with Crippen LogP contribution in [0.5, 0.6) is 0 Å². The van der Waals surface area contributed by atoms with Gasteiger partial charge in [-0.1, -0.05) is 6.08 Å². The van der Waals surface area contributed by atoms with Crippen LogP contribution in [0.25, 0.3) is 5.57 Å². The number of methoxy groups -OCH3 is 1. The van der Waals surface area contributed by atoms with Crippen LogP contribution in [-0.4, -0.2) is 18.1 Å². The minimum Gasteiger partial charge on any atom is -0.464 e. The molecule has 20 heavy (non-hydrogen) atoms. The minimum absolute atomic E-state index is 0.0348. The van der Waals surface area contributed by atoms with E-state index in [1.54, 1.807) is 6.08 Å². The third-order valence-electron chi connectivity index (χ3n) is 3.24. The number of halogens is 3. The molecule has 0 saturated carbocycles. The van der Waals surface area contributed by atoms with Gasteiger partial charge in [-0.05, 0) is 42.9 Å². The highest BCUT2D eigenvalue weighted by molar-refractivity contribution is 5.88. The van der Waals surface area contributed by atoms with Crippen LogP contribution >= 0.6 is 0 Å². The molecule has 0 bridgehead atoms. The lowest BCUT2D eigenvalue weighted by atomic mass is 9.91. The summed E-state index contributed by atoms with van der Waals surface area (Å²) in [6, 6.07) is 1.17. The molecule has 0 amide bonds. The van der Waals surface area contributed by atoms with Gasteiger partial charge in [0, 0.05) is 6.20 Å². The van der Waals surface area contributed by atoms with E-state index in [9.17, 15) is 18.0 Å². The summed E-state index contributed by atoms with van der Waals surface area (Å²) in [7, 11) is 1.17. The molecule has 0 aromatic carbocycles. The zero-order chi connectivity index (χ0) is 14.8. The smallest absolute Gasteiger partial charge is 0.418 e. The lowest BCUT2D eigenvalue weighted by Crippen LogP contribution is -2.13. The highest BCUT2D eigenvalue weighted by atomic mass is 19.4. The first-order valence-corrected chi connectivity index (χ1v) is 6.28. The SMILES string of the molecule is COC(=O)c1cc(C2=CCCCC2)c(C(F)(F)F)cn1. The van der Waals surface area contributed by atoms with E-state index in [0.717, 1.165) is 19.3 Å². The Labute approximate surface area is 114 Å². The van der Waals surface area contributed by atoms with E-state index in [4.69, 9.17) is 0 Å². The van der Waals surface area contributed by atoms with Crippen molar-refractivity contribution < 1.29 is 22.7 Å². The quantitative estimate of drug-likeness (QED) is 0.775. The van der Waals surface area contributed by atoms with Crippen molar-refractivity contribution in [3.8, 4) is 0 Å². The largest absolute Gasteiger partial charge is 0.464 e. The number of hydrogen-bond acceptors (Lipinski definition) is 3. The molecular weight excluding hydrogens is 271 g/mol. The van der Waals surface area contributed by atoms with Crippen molar-refractivity contribution in [3.63, 3.8) is 0 Å². The van der Waals surface area contributed by atoms with Crippen LogP contribution in [0.1, 0.15) is 47.3 Å². The Morgan fingerprint density at radius 3 is 2.65 bits per heavy atom. The van der Waals surface area contributed by atoms with E-state index in [0.29, 0.717) is 18.2 Å². The molecule has 0 atom stereocenters. The maximum Gasteiger partial charge on any atom is 0.418 e. The molecule has 3 nitrogen and oxygen atoms in total. The van der Waals surface area contributed by atoms with Crippen LogP contribution in [0.15, 0.2) is 18.3 Å². The topological polar surface area (TPSA) is 39.2 Å². The molecule has 0 spiro atoms. The van der Waals surface area contributed by atoms with Gasteiger partial charge < -0.3 is 4.74 Å². The van der Waals surface area contributed by atoms with Gasteiger partial charge in [-0.2, -0.15) is 13.2 Å². The van der Waals surface area contributed by atoms with E-state index >= 15 is 0 Å². The Balaban J connectivity index is 2.53. The van der Waals surface area contributed by atoms with Gasteiger partial charge in [0.05, 0.1) is 12.7 Å². The van der Waals surface area contributed by atoms with Gasteiger partial charge in [-0.15, -0.1) is 0 Å². The van der Waals surface area contributed by atoms with Crippen LogP contribution in [0.3, 0.4) is 0 Å². The molecule has 0 aliphatic heterocycles. The van der Waals surface area contributed by atoms with Crippen molar-refractivity contribution in [3.05, 3.63) is 35.2 Å². The average molecular weight is 285 g/mol. The van der Waals surface area contributed by atoms with Crippen LogP contribution in [0.4, 0.5) is 13.2 Å². The van der Waals surface area contributed by atoms with Gasteiger partial charge in [0.25, 0.3) is 0 Å². The number of ether oxygens (including phenoxy) is 1. The van der Waals surface area contributed by atoms with Crippen LogP contribution in [0.2, 0.25) is 0 Å². The van der Waals surface area contributed by atoms with E-state index < -0.39 is 17.7 Å². The van der Waals surface area contributed by atoms with Crippen LogP contribution in [-0.2, 0) is 10.9 Å². The number of nitrogens with zero attached hydrogens (tertiary/aromatic N) is 1. The molecule has 1 aromatic rings. The molecule has 0 radical (unpaired) electrons. The fourth-order valence-electron chi connectivity index (χ4n) is 2.25. The third-order valence-corrected chi connectivity index (χ3v) is 3.24. The summed E-state index contributed by atoms with van der Waals surface area (Å²) >= 11 is 0. The van der Waals surface area contributed by atoms with Crippen LogP contribution < -0.4 is 0 Å². The molecule has 0 fully saturated rings. The summed E-state index contributed by atoms with van der Waals surface area (Å²) < 4.78 is 43.6. The summed E-state index contributed by atoms with van der Waals surface area (Å²) in [5, 5.41) is 0. The van der Waals surface area contributed by atoms with Gasteiger partial charge in [0.1, 0.15) is 5.69 Å². The molecule has 2 rings (SSSR count). The number of rotatable bonds is 2. The first-order chi connectivity index (χ1) is 9.43. The summed E-state index contributed by atoms with van der Waals surface area (Å²) in [6.07, 6.45) is 1.16. The molecule has 1 aromatic heterocycles. The molecule has 1 aliphatic rings. The van der Waals surface area contributed by atoms with Crippen molar-refractivity contribution in [2.45, 2.75) is 31.9 Å². The van der Waals surface area contributed by atoms with Gasteiger partial charge in [-0.25, -0.2) is 9.78 Å². The first-order valence-electron chi connectivity index (χ1n) is 6.28. The van der Waals surface area contributed by atoms with Crippen molar-refractivity contribution in [2.24, 2.45) is 0 Å². The zero-order valence-electron chi connectivity index (χ0n) is 11.0. The van der Waals surface area contributed by atoms with Gasteiger partial charge in [-0.3, -0.25) is 0 Å². The fourth-order valence-corrected chi connectivity index (χ4v) is 2.25. The summed E-state index contributed by atoms with van der Waals surface area (Å²) in [5.41, 5.74) is -0.260. The molecule has 1 aliphatic carbocycles. The number of pyridine rings is 1. The molecule has 6 heteroatoms. The monoisotopic (exact) mass is 285 g/mol. The van der Waals surface area contributed by atoms with Crippen molar-refractivity contribution in [1.29, 1.82) is 0 Å². The van der Waals surface area contributed by atoms with E-state index in [1.807, 2.05) is 0 Å². The van der Waals surface area contributed by atoms with Crippen molar-refractivity contribution >= 4 is 11.5 Å². The Morgan fingerprint density at radius 2 is 2.10 bits per heavy atom. The number of allylic oxidation sites excluding steroid dienone is 2. The van der Waals surface area contributed by atoms with E-state index in [-0.39, 0.29) is 11.3 Å². The van der Waals surface area contributed by atoms with E-state index in [2.05, 4.69) is 9.72 Å².